The fourth-order valence-electron chi connectivity index (χ4n) is 1.89. The lowest BCUT2D eigenvalue weighted by Gasteiger charge is -2.09. The van der Waals surface area contributed by atoms with Crippen molar-refractivity contribution in [3.05, 3.63) is 53.6 Å². The molecule has 2 rings (SSSR count). The van der Waals surface area contributed by atoms with E-state index in [0.29, 0.717) is 12.1 Å². The summed E-state index contributed by atoms with van der Waals surface area (Å²) < 4.78 is 5.24. The monoisotopic (exact) mass is 238 g/mol. The molecule has 0 fully saturated rings. The van der Waals surface area contributed by atoms with Crippen LogP contribution in [0.15, 0.2) is 42.5 Å². The molecule has 2 aromatic carbocycles. The maximum Gasteiger partial charge on any atom is 0.123 e. The highest BCUT2D eigenvalue weighted by molar-refractivity contribution is 5.67. The Morgan fingerprint density at radius 1 is 1.17 bits per heavy atom. The number of methoxy groups -OCH3 is 1. The smallest absolute Gasteiger partial charge is 0.123 e. The maximum atomic E-state index is 8.90. The van der Waals surface area contributed by atoms with Crippen LogP contribution in [0, 0.1) is 11.3 Å². The molecule has 0 spiro atoms. The molecule has 0 aliphatic heterocycles. The third-order valence-electron chi connectivity index (χ3n) is 2.83. The van der Waals surface area contributed by atoms with Crippen LogP contribution in [0.2, 0.25) is 0 Å². The minimum absolute atomic E-state index is 0.426. The van der Waals surface area contributed by atoms with Gasteiger partial charge in [-0.2, -0.15) is 5.26 Å². The zero-order valence-electron chi connectivity index (χ0n) is 10.2. The summed E-state index contributed by atoms with van der Waals surface area (Å²) in [5, 5.41) is 8.90. The Labute approximate surface area is 106 Å². The molecule has 0 atom stereocenters. The van der Waals surface area contributed by atoms with Gasteiger partial charge in [-0.15, -0.1) is 0 Å². The molecule has 0 unspecified atom stereocenters. The number of ether oxygens (including phenoxy) is 1. The van der Waals surface area contributed by atoms with Crippen LogP contribution in [-0.2, 0) is 6.54 Å². The van der Waals surface area contributed by atoms with Gasteiger partial charge in [-0.25, -0.2) is 0 Å². The van der Waals surface area contributed by atoms with Crippen molar-refractivity contribution < 1.29 is 4.74 Å². The quantitative estimate of drug-likeness (QED) is 0.894. The van der Waals surface area contributed by atoms with Gasteiger partial charge in [0.2, 0.25) is 0 Å². The van der Waals surface area contributed by atoms with E-state index in [4.69, 9.17) is 15.7 Å². The molecule has 0 aliphatic carbocycles. The number of rotatable bonds is 3. The lowest BCUT2D eigenvalue weighted by Crippen LogP contribution is -2.00. The summed E-state index contributed by atoms with van der Waals surface area (Å²) >= 11 is 0. The number of hydrogen-bond donors (Lipinski definition) is 1. The predicted molar refractivity (Wildman–Crippen MR) is 71.0 cm³/mol. The van der Waals surface area contributed by atoms with Gasteiger partial charge in [0.05, 0.1) is 18.7 Å². The molecule has 0 heterocycles. The normalized spacial score (nSPS) is 9.83. The molecule has 0 amide bonds. The summed E-state index contributed by atoms with van der Waals surface area (Å²) in [6, 6.07) is 15.5. The Morgan fingerprint density at radius 3 is 2.61 bits per heavy atom. The topological polar surface area (TPSA) is 59.0 Å². The van der Waals surface area contributed by atoms with E-state index < -0.39 is 0 Å². The molecule has 3 nitrogen and oxygen atoms in total. The highest BCUT2D eigenvalue weighted by atomic mass is 16.5. The lowest BCUT2D eigenvalue weighted by atomic mass is 10.0. The summed E-state index contributed by atoms with van der Waals surface area (Å²) in [5.41, 5.74) is 9.34. The second-order valence-corrected chi connectivity index (χ2v) is 3.92. The summed E-state index contributed by atoms with van der Waals surface area (Å²) in [5.74, 6) is 0.790. The Bertz CT molecular complexity index is 600. The van der Waals surface area contributed by atoms with Gasteiger partial charge in [-0.3, -0.25) is 0 Å². The third kappa shape index (κ3) is 2.34. The van der Waals surface area contributed by atoms with Crippen LogP contribution in [0.5, 0.6) is 5.75 Å². The van der Waals surface area contributed by atoms with Crippen LogP contribution in [0.25, 0.3) is 11.1 Å². The first-order valence-corrected chi connectivity index (χ1v) is 5.66. The van der Waals surface area contributed by atoms with Gasteiger partial charge in [0.15, 0.2) is 0 Å². The zero-order valence-corrected chi connectivity index (χ0v) is 10.2. The third-order valence-corrected chi connectivity index (χ3v) is 2.83. The van der Waals surface area contributed by atoms with Crippen molar-refractivity contribution in [1.29, 1.82) is 5.26 Å². The molecule has 2 N–H and O–H groups in total. The van der Waals surface area contributed by atoms with Gasteiger partial charge in [-0.05, 0) is 35.4 Å². The van der Waals surface area contributed by atoms with E-state index >= 15 is 0 Å². The van der Waals surface area contributed by atoms with Gasteiger partial charge in [-0.1, -0.05) is 18.2 Å². The predicted octanol–water partition coefficient (Wildman–Crippen LogP) is 2.69. The van der Waals surface area contributed by atoms with Crippen molar-refractivity contribution in [1.82, 2.24) is 0 Å². The van der Waals surface area contributed by atoms with E-state index in [1.54, 1.807) is 13.2 Å². The first-order valence-electron chi connectivity index (χ1n) is 5.66. The molecule has 18 heavy (non-hydrogen) atoms. The van der Waals surface area contributed by atoms with Crippen molar-refractivity contribution in [2.75, 3.05) is 7.11 Å². The second-order valence-electron chi connectivity index (χ2n) is 3.92. The van der Waals surface area contributed by atoms with Crippen LogP contribution in [0.4, 0.5) is 0 Å². The first kappa shape index (κ1) is 12.2. The van der Waals surface area contributed by atoms with Gasteiger partial charge in [0.25, 0.3) is 0 Å². The van der Waals surface area contributed by atoms with Crippen molar-refractivity contribution in [2.24, 2.45) is 5.73 Å². The number of hydrogen-bond acceptors (Lipinski definition) is 3. The van der Waals surface area contributed by atoms with Crippen LogP contribution in [0.3, 0.4) is 0 Å². The maximum absolute atomic E-state index is 8.90. The molecular formula is C15H14N2O. The van der Waals surface area contributed by atoms with E-state index in [1.807, 2.05) is 36.4 Å². The largest absolute Gasteiger partial charge is 0.496 e. The van der Waals surface area contributed by atoms with E-state index in [2.05, 4.69) is 6.07 Å². The Hall–Kier alpha value is -2.31. The van der Waals surface area contributed by atoms with Crippen molar-refractivity contribution in [3.63, 3.8) is 0 Å². The molecule has 0 radical (unpaired) electrons. The Kier molecular flexibility index (Phi) is 3.61. The fourth-order valence-corrected chi connectivity index (χ4v) is 1.89. The molecule has 0 saturated carbocycles. The van der Waals surface area contributed by atoms with E-state index in [1.165, 1.54) is 0 Å². The highest BCUT2D eigenvalue weighted by Gasteiger charge is 2.05. The van der Waals surface area contributed by atoms with Gasteiger partial charge >= 0.3 is 0 Å². The summed E-state index contributed by atoms with van der Waals surface area (Å²) in [4.78, 5) is 0. The summed E-state index contributed by atoms with van der Waals surface area (Å²) in [6.07, 6.45) is 0. The summed E-state index contributed by atoms with van der Waals surface area (Å²) in [6.45, 7) is 0.426. The molecule has 2 aromatic rings. The lowest BCUT2D eigenvalue weighted by molar-refractivity contribution is 0.410. The number of nitrogens with two attached hydrogens (primary N) is 1. The van der Waals surface area contributed by atoms with Crippen LogP contribution >= 0.6 is 0 Å². The SMILES string of the molecule is COc1ccc(-c2cccc(C#N)c2)cc1CN. The van der Waals surface area contributed by atoms with Crippen LogP contribution in [0.1, 0.15) is 11.1 Å². The molecule has 3 heteroatoms. The average Bonchev–Trinajstić information content (AvgIpc) is 2.46. The van der Waals surface area contributed by atoms with Gasteiger partial charge < -0.3 is 10.5 Å². The summed E-state index contributed by atoms with van der Waals surface area (Å²) in [7, 11) is 1.63. The number of nitriles is 1. The fraction of sp³-hybridized carbons (Fsp3) is 0.133. The molecule has 0 bridgehead atoms. The molecular weight excluding hydrogens is 224 g/mol. The van der Waals surface area contributed by atoms with E-state index in [-0.39, 0.29) is 0 Å². The van der Waals surface area contributed by atoms with Crippen LogP contribution in [-0.4, -0.2) is 7.11 Å². The molecule has 90 valence electrons. The van der Waals surface area contributed by atoms with Crippen LogP contribution < -0.4 is 10.5 Å². The van der Waals surface area contributed by atoms with Gasteiger partial charge in [0, 0.05) is 12.1 Å². The molecule has 0 aliphatic rings. The second kappa shape index (κ2) is 5.35. The van der Waals surface area contributed by atoms with Crippen molar-refractivity contribution >= 4 is 0 Å². The standard InChI is InChI=1S/C15H14N2O/c1-18-15-6-5-13(8-14(15)10-17)12-4-2-3-11(7-12)9-16/h2-8H,10,17H2,1H3. The number of benzene rings is 2. The zero-order chi connectivity index (χ0) is 13.0. The van der Waals surface area contributed by atoms with Crippen molar-refractivity contribution in [3.8, 4) is 22.9 Å². The van der Waals surface area contributed by atoms with E-state index in [0.717, 1.165) is 22.4 Å². The highest BCUT2D eigenvalue weighted by Crippen LogP contribution is 2.26. The molecule has 0 saturated heterocycles. The Morgan fingerprint density at radius 2 is 1.94 bits per heavy atom. The Balaban J connectivity index is 2.48. The van der Waals surface area contributed by atoms with E-state index in [9.17, 15) is 0 Å². The van der Waals surface area contributed by atoms with Gasteiger partial charge in [0.1, 0.15) is 5.75 Å². The minimum Gasteiger partial charge on any atom is -0.496 e. The number of nitrogens with zero attached hydrogens (tertiary/aromatic N) is 1. The first-order chi connectivity index (χ1) is 8.78. The van der Waals surface area contributed by atoms with Crippen molar-refractivity contribution in [2.45, 2.75) is 6.54 Å². The average molecular weight is 238 g/mol. The minimum atomic E-state index is 0.426. The molecule has 0 aromatic heterocycles.